The maximum absolute atomic E-state index is 13.9. The third-order valence-electron chi connectivity index (χ3n) is 12.0. The fourth-order valence-corrected chi connectivity index (χ4v) is 8.91. The first-order valence-corrected chi connectivity index (χ1v) is 17.1. The van der Waals surface area contributed by atoms with Crippen LogP contribution in [0.2, 0.25) is 0 Å². The molecule has 1 saturated heterocycles. The molecule has 5 saturated carbocycles. The van der Waals surface area contributed by atoms with Gasteiger partial charge in [0.2, 0.25) is 5.91 Å². The van der Waals surface area contributed by atoms with E-state index in [1.165, 1.54) is 12.8 Å². The van der Waals surface area contributed by atoms with Crippen LogP contribution >= 0.6 is 0 Å². The van der Waals surface area contributed by atoms with E-state index in [0.29, 0.717) is 29.7 Å². The van der Waals surface area contributed by atoms with Gasteiger partial charge in [-0.15, -0.1) is 0 Å². The SMILES string of the molecule is COc1cc(C(=O)N2C[C@H](N)[C@H]3CC[C@@H]2C3)cc2nc(-c3cc4ccc([C@@H](C)NC(=O)C56CC(C5)C6)nc4n3CC3CC3)n(C)c12. The molecule has 6 fully saturated rings. The van der Waals surface area contributed by atoms with E-state index in [1.807, 2.05) is 37.1 Å². The average Bonchev–Trinajstić information content (AvgIpc) is 3.46. The van der Waals surface area contributed by atoms with Gasteiger partial charge in [0.05, 0.1) is 30.1 Å². The summed E-state index contributed by atoms with van der Waals surface area (Å²) >= 11 is 0. The highest BCUT2D eigenvalue weighted by Gasteiger charge is 2.61. The van der Waals surface area contributed by atoms with Gasteiger partial charge in [0.25, 0.3) is 5.91 Å². The van der Waals surface area contributed by atoms with E-state index in [4.69, 9.17) is 20.4 Å². The minimum atomic E-state index is -0.167. The average molecular weight is 622 g/mol. The van der Waals surface area contributed by atoms with Crippen molar-refractivity contribution < 1.29 is 14.3 Å². The number of ether oxygens (including phenoxy) is 1. The summed E-state index contributed by atoms with van der Waals surface area (Å²) in [6.45, 7) is 3.50. The molecule has 10 nitrogen and oxygen atoms in total. The summed E-state index contributed by atoms with van der Waals surface area (Å²) in [4.78, 5) is 39.2. The highest BCUT2D eigenvalue weighted by atomic mass is 16.5. The van der Waals surface area contributed by atoms with E-state index in [0.717, 1.165) is 90.3 Å². The second kappa shape index (κ2) is 10.0. The Kier molecular flexibility index (Phi) is 6.18. The number of aromatic nitrogens is 4. The molecule has 2 amide bonds. The molecule has 10 rings (SSSR count). The quantitative estimate of drug-likeness (QED) is 0.288. The highest BCUT2D eigenvalue weighted by Crippen LogP contribution is 2.64. The number of fused-ring (bicyclic) bond motifs is 4. The van der Waals surface area contributed by atoms with Gasteiger partial charge in [0.15, 0.2) is 5.82 Å². The summed E-state index contributed by atoms with van der Waals surface area (Å²) in [5.41, 5.74) is 11.3. The van der Waals surface area contributed by atoms with Crippen LogP contribution in [0.3, 0.4) is 0 Å². The number of nitrogens with zero attached hydrogens (tertiary/aromatic N) is 5. The Morgan fingerprint density at radius 2 is 1.91 bits per heavy atom. The Labute approximate surface area is 268 Å². The van der Waals surface area contributed by atoms with Gasteiger partial charge in [-0.2, -0.15) is 0 Å². The summed E-state index contributed by atoms with van der Waals surface area (Å²) in [6, 6.07) is 10.2. The summed E-state index contributed by atoms with van der Waals surface area (Å²) in [5.74, 6) is 3.52. The fraction of sp³-hybridized carbons (Fsp3) is 0.556. The molecule has 240 valence electrons. The number of amides is 2. The van der Waals surface area contributed by atoms with Crippen LogP contribution in [0.4, 0.5) is 0 Å². The van der Waals surface area contributed by atoms with Gasteiger partial charge in [0, 0.05) is 48.6 Å². The molecule has 10 heteroatoms. The molecule has 0 spiro atoms. The lowest BCUT2D eigenvalue weighted by Gasteiger charge is -2.60. The van der Waals surface area contributed by atoms with Crippen molar-refractivity contribution in [3.05, 3.63) is 41.6 Å². The van der Waals surface area contributed by atoms with Crippen LogP contribution in [0, 0.1) is 23.2 Å². The summed E-state index contributed by atoms with van der Waals surface area (Å²) in [7, 11) is 3.66. The number of hydrogen-bond acceptors (Lipinski definition) is 6. The Morgan fingerprint density at radius 3 is 2.63 bits per heavy atom. The number of hydrogen-bond donors (Lipinski definition) is 2. The molecule has 4 atom stereocenters. The number of carbonyl (C=O) groups excluding carboxylic acids is 2. The third-order valence-corrected chi connectivity index (χ3v) is 12.0. The number of likely N-dealkylation sites (tertiary alicyclic amines) is 1. The van der Waals surface area contributed by atoms with Crippen molar-refractivity contribution in [2.24, 2.45) is 36.0 Å². The van der Waals surface area contributed by atoms with Crippen LogP contribution in [0.5, 0.6) is 5.75 Å². The maximum Gasteiger partial charge on any atom is 0.254 e. The zero-order valence-corrected chi connectivity index (χ0v) is 27.0. The molecule has 6 aliphatic rings. The second-order valence-electron chi connectivity index (χ2n) is 15.1. The van der Waals surface area contributed by atoms with Gasteiger partial charge in [-0.25, -0.2) is 9.97 Å². The zero-order valence-electron chi connectivity index (χ0n) is 27.0. The minimum Gasteiger partial charge on any atom is -0.494 e. The predicted molar refractivity (Wildman–Crippen MR) is 175 cm³/mol. The first kappa shape index (κ1) is 28.3. The Bertz CT molecular complexity index is 1900. The van der Waals surface area contributed by atoms with E-state index in [-0.39, 0.29) is 35.4 Å². The van der Waals surface area contributed by atoms with Gasteiger partial charge in [-0.1, -0.05) is 0 Å². The normalized spacial score (nSPS) is 28.7. The molecule has 0 radical (unpaired) electrons. The number of aryl methyl sites for hydroxylation is 1. The monoisotopic (exact) mass is 621 g/mol. The minimum absolute atomic E-state index is 0.00280. The highest BCUT2D eigenvalue weighted by molar-refractivity contribution is 6.00. The van der Waals surface area contributed by atoms with Gasteiger partial charge in [-0.05, 0) is 106 Å². The van der Waals surface area contributed by atoms with Crippen molar-refractivity contribution in [1.29, 1.82) is 0 Å². The molecule has 4 bridgehead atoms. The second-order valence-corrected chi connectivity index (χ2v) is 15.1. The van der Waals surface area contributed by atoms with Gasteiger partial charge in [-0.3, -0.25) is 9.59 Å². The van der Waals surface area contributed by atoms with Gasteiger partial charge in [0.1, 0.15) is 16.9 Å². The Balaban J connectivity index is 1.08. The van der Waals surface area contributed by atoms with E-state index in [1.54, 1.807) is 7.11 Å². The number of pyridine rings is 1. The lowest BCUT2D eigenvalue weighted by Crippen LogP contribution is -2.60. The third kappa shape index (κ3) is 4.25. The molecule has 4 aromatic rings. The van der Waals surface area contributed by atoms with Crippen LogP contribution in [-0.4, -0.2) is 61.6 Å². The lowest BCUT2D eigenvalue weighted by molar-refractivity contribution is -0.165. The standard InChI is InChI=1S/C36H43N7O3/c1-19(38-35(45)36-14-21(15-36)16-36)27-9-7-23-12-29(43(32(23)39-27)17-20-4-5-20)33-40-28-11-24(13-30(46-3)31(28)41(33)2)34(44)42-18-26(37)22-6-8-25(42)10-22/h7,9,11-13,19-22,25-26H,4-6,8,10,14-18,37H2,1-3H3,(H,38,45)/t19-,21?,22+,25-,26+,36?/m1/s1. The van der Waals surface area contributed by atoms with Crippen LogP contribution in [-0.2, 0) is 18.4 Å². The Morgan fingerprint density at radius 1 is 1.11 bits per heavy atom. The summed E-state index contributed by atoms with van der Waals surface area (Å²) < 4.78 is 10.3. The number of benzene rings is 1. The number of nitrogens with one attached hydrogen (secondary N) is 1. The van der Waals surface area contributed by atoms with Crippen molar-refractivity contribution in [1.82, 2.24) is 29.3 Å². The summed E-state index contributed by atoms with van der Waals surface area (Å²) in [5, 5.41) is 4.31. The smallest absolute Gasteiger partial charge is 0.254 e. The molecule has 4 heterocycles. The topological polar surface area (TPSA) is 120 Å². The first-order chi connectivity index (χ1) is 22.2. The lowest BCUT2D eigenvalue weighted by atomic mass is 9.44. The molecule has 46 heavy (non-hydrogen) atoms. The molecule has 5 aliphatic carbocycles. The first-order valence-electron chi connectivity index (χ1n) is 17.1. The molecule has 0 unspecified atom stereocenters. The number of carbonyl (C=O) groups is 2. The fourth-order valence-electron chi connectivity index (χ4n) is 8.91. The predicted octanol–water partition coefficient (Wildman–Crippen LogP) is 4.94. The maximum atomic E-state index is 13.9. The van der Waals surface area contributed by atoms with Gasteiger partial charge < -0.3 is 29.8 Å². The number of rotatable bonds is 8. The number of imidazole rings is 1. The number of methoxy groups -OCH3 is 1. The van der Waals surface area contributed by atoms with E-state index in [2.05, 4.69) is 26.6 Å². The van der Waals surface area contributed by atoms with Crippen molar-refractivity contribution >= 4 is 33.9 Å². The molecule has 1 aromatic carbocycles. The van der Waals surface area contributed by atoms with Crippen LogP contribution in [0.25, 0.3) is 33.6 Å². The molecular formula is C36H43N7O3. The van der Waals surface area contributed by atoms with Crippen LogP contribution < -0.4 is 15.8 Å². The van der Waals surface area contributed by atoms with Gasteiger partial charge >= 0.3 is 0 Å². The van der Waals surface area contributed by atoms with E-state index >= 15 is 0 Å². The van der Waals surface area contributed by atoms with E-state index in [9.17, 15) is 9.59 Å². The van der Waals surface area contributed by atoms with E-state index < -0.39 is 0 Å². The van der Waals surface area contributed by atoms with Crippen molar-refractivity contribution in [2.75, 3.05) is 13.7 Å². The van der Waals surface area contributed by atoms with Crippen molar-refractivity contribution in [3.63, 3.8) is 0 Å². The van der Waals surface area contributed by atoms with Crippen molar-refractivity contribution in [3.8, 4) is 17.3 Å². The Hall–Kier alpha value is -3.92. The molecular weight excluding hydrogens is 578 g/mol. The largest absolute Gasteiger partial charge is 0.494 e. The van der Waals surface area contributed by atoms with Crippen LogP contribution in [0.1, 0.15) is 80.4 Å². The zero-order chi connectivity index (χ0) is 31.5. The molecule has 3 aromatic heterocycles. The van der Waals surface area contributed by atoms with Crippen molar-refractivity contribution in [2.45, 2.75) is 83.0 Å². The number of piperidine rings is 1. The summed E-state index contributed by atoms with van der Waals surface area (Å²) in [6.07, 6.45) is 8.64. The molecule has 3 N–H and O–H groups in total. The number of nitrogens with two attached hydrogens (primary N) is 1. The van der Waals surface area contributed by atoms with Crippen LogP contribution in [0.15, 0.2) is 30.3 Å². The molecule has 1 aliphatic heterocycles.